The number of para-hydroxylation sites is 1. The van der Waals surface area contributed by atoms with E-state index in [9.17, 15) is 9.59 Å². The Labute approximate surface area is 196 Å². The molecule has 2 aliphatic heterocycles. The van der Waals surface area contributed by atoms with Crippen molar-refractivity contribution >= 4 is 11.9 Å². The molecule has 6 heteroatoms. The van der Waals surface area contributed by atoms with Gasteiger partial charge in [0.1, 0.15) is 17.9 Å². The number of carbonyl (C=O) groups excluding carboxylic acids is 2. The summed E-state index contributed by atoms with van der Waals surface area (Å²) in [6.07, 6.45) is 5.89. The lowest BCUT2D eigenvalue weighted by Crippen LogP contribution is -2.56. The van der Waals surface area contributed by atoms with Crippen molar-refractivity contribution < 1.29 is 14.3 Å². The van der Waals surface area contributed by atoms with E-state index in [1.54, 1.807) is 6.08 Å². The second-order valence-electron chi connectivity index (χ2n) is 8.98. The van der Waals surface area contributed by atoms with Crippen LogP contribution in [0.1, 0.15) is 36.8 Å². The molecule has 0 spiro atoms. The molecule has 1 unspecified atom stereocenters. The maximum atomic E-state index is 12.9. The summed E-state index contributed by atoms with van der Waals surface area (Å²) in [6.45, 7) is 6.77. The van der Waals surface area contributed by atoms with E-state index in [0.717, 1.165) is 56.6 Å². The number of nitrogens with one attached hydrogen (secondary N) is 2. The molecule has 0 saturated carbocycles. The zero-order valence-corrected chi connectivity index (χ0v) is 19.1. The second kappa shape index (κ2) is 10.7. The van der Waals surface area contributed by atoms with Crippen LogP contribution in [0.25, 0.3) is 0 Å². The molecule has 174 valence electrons. The summed E-state index contributed by atoms with van der Waals surface area (Å²) in [7, 11) is 0. The number of likely N-dealkylation sites (tertiary alicyclic amines) is 1. The first kappa shape index (κ1) is 23.1. The van der Waals surface area contributed by atoms with Gasteiger partial charge in [-0.1, -0.05) is 61.2 Å². The summed E-state index contributed by atoms with van der Waals surface area (Å²) in [6, 6.07) is 18.0. The van der Waals surface area contributed by atoms with Crippen LogP contribution in [0.15, 0.2) is 67.3 Å². The van der Waals surface area contributed by atoms with E-state index in [1.165, 1.54) is 5.56 Å². The van der Waals surface area contributed by atoms with Crippen molar-refractivity contribution in [3.63, 3.8) is 0 Å². The number of hydrogen-bond donors (Lipinski definition) is 2. The van der Waals surface area contributed by atoms with E-state index in [1.807, 2.05) is 36.4 Å². The van der Waals surface area contributed by atoms with E-state index in [2.05, 4.69) is 40.3 Å². The number of ether oxygens (including phenoxy) is 1. The molecule has 2 heterocycles. The van der Waals surface area contributed by atoms with Crippen LogP contribution in [0, 0.1) is 5.92 Å². The Balaban J connectivity index is 1.38. The third-order valence-corrected chi connectivity index (χ3v) is 6.86. The number of carbonyl (C=O) groups is 2. The van der Waals surface area contributed by atoms with Crippen molar-refractivity contribution in [3.8, 4) is 5.75 Å². The fourth-order valence-electron chi connectivity index (χ4n) is 5.14. The molecule has 0 aromatic heterocycles. The number of piperidine rings is 1. The largest absolute Gasteiger partial charge is 0.489 e. The summed E-state index contributed by atoms with van der Waals surface area (Å²) in [5, 5.41) is 5.53. The quantitative estimate of drug-likeness (QED) is 0.426. The van der Waals surface area contributed by atoms with Crippen molar-refractivity contribution in [1.82, 2.24) is 15.5 Å². The van der Waals surface area contributed by atoms with Gasteiger partial charge in [-0.15, -0.1) is 0 Å². The Morgan fingerprint density at radius 3 is 2.48 bits per heavy atom. The van der Waals surface area contributed by atoms with Crippen molar-refractivity contribution in [3.05, 3.63) is 78.4 Å². The number of rotatable bonds is 10. The maximum absolute atomic E-state index is 12.9. The van der Waals surface area contributed by atoms with Crippen LogP contribution in [0.5, 0.6) is 5.75 Å². The molecule has 33 heavy (non-hydrogen) atoms. The molecular weight excluding hydrogens is 414 g/mol. The minimum atomic E-state index is -0.803. The molecule has 2 saturated heterocycles. The van der Waals surface area contributed by atoms with E-state index in [4.69, 9.17) is 4.74 Å². The van der Waals surface area contributed by atoms with E-state index < -0.39 is 5.54 Å². The second-order valence-corrected chi connectivity index (χ2v) is 8.98. The predicted molar refractivity (Wildman–Crippen MR) is 129 cm³/mol. The summed E-state index contributed by atoms with van der Waals surface area (Å²) in [4.78, 5) is 27.4. The van der Waals surface area contributed by atoms with Gasteiger partial charge in [0, 0.05) is 12.1 Å². The predicted octanol–water partition coefficient (Wildman–Crippen LogP) is 4.06. The van der Waals surface area contributed by atoms with E-state index in [0.29, 0.717) is 13.0 Å². The Kier molecular flexibility index (Phi) is 7.45. The van der Waals surface area contributed by atoms with Gasteiger partial charge in [0.25, 0.3) is 5.91 Å². The molecule has 4 rings (SSSR count). The van der Waals surface area contributed by atoms with E-state index in [-0.39, 0.29) is 17.9 Å². The summed E-state index contributed by atoms with van der Waals surface area (Å²) < 4.78 is 5.81. The number of benzene rings is 2. The monoisotopic (exact) mass is 447 g/mol. The van der Waals surface area contributed by atoms with Gasteiger partial charge in [0.15, 0.2) is 0 Å². The van der Waals surface area contributed by atoms with Crippen molar-refractivity contribution in [1.29, 1.82) is 0 Å². The first-order valence-corrected chi connectivity index (χ1v) is 11.8. The normalized spacial score (nSPS) is 21.5. The summed E-state index contributed by atoms with van der Waals surface area (Å²) in [5.74, 6) is 0.852. The number of urea groups is 1. The fourth-order valence-corrected chi connectivity index (χ4v) is 5.14. The van der Waals surface area contributed by atoms with Crippen LogP contribution in [0.2, 0.25) is 0 Å². The van der Waals surface area contributed by atoms with Crippen LogP contribution in [0.4, 0.5) is 4.79 Å². The highest BCUT2D eigenvalue weighted by Gasteiger charge is 2.51. The van der Waals surface area contributed by atoms with Gasteiger partial charge < -0.3 is 10.1 Å². The number of amides is 3. The minimum absolute atomic E-state index is 0.128. The Morgan fingerprint density at radius 2 is 1.79 bits per heavy atom. The zero-order valence-electron chi connectivity index (χ0n) is 19.1. The molecule has 2 aliphatic rings. The third kappa shape index (κ3) is 5.45. The Bertz CT molecular complexity index is 970. The highest BCUT2D eigenvalue weighted by atomic mass is 16.5. The maximum Gasteiger partial charge on any atom is 0.322 e. The molecule has 1 atom stereocenters. The van der Waals surface area contributed by atoms with Crippen LogP contribution < -0.4 is 15.4 Å². The number of hydrogen-bond acceptors (Lipinski definition) is 4. The topological polar surface area (TPSA) is 70.7 Å². The van der Waals surface area contributed by atoms with Gasteiger partial charge in [0.2, 0.25) is 0 Å². The highest BCUT2D eigenvalue weighted by Crippen LogP contribution is 2.35. The molecule has 2 aromatic carbocycles. The molecule has 0 aliphatic carbocycles. The van der Waals surface area contributed by atoms with Gasteiger partial charge in [-0.3, -0.25) is 15.0 Å². The van der Waals surface area contributed by atoms with Crippen molar-refractivity contribution in [2.45, 2.75) is 44.2 Å². The van der Waals surface area contributed by atoms with Gasteiger partial charge in [0.05, 0.1) is 0 Å². The lowest BCUT2D eigenvalue weighted by atomic mass is 9.74. The van der Waals surface area contributed by atoms with Crippen LogP contribution in [-0.4, -0.2) is 42.1 Å². The SMILES string of the molecule is C=CCOc1ccccc1CN1CCC(C2(CCCc3ccccc3)NC(=O)NC2=O)CC1. The van der Waals surface area contributed by atoms with Gasteiger partial charge in [-0.25, -0.2) is 4.79 Å². The zero-order chi connectivity index (χ0) is 23.1. The summed E-state index contributed by atoms with van der Waals surface area (Å²) >= 11 is 0. The van der Waals surface area contributed by atoms with Crippen LogP contribution in [-0.2, 0) is 17.8 Å². The van der Waals surface area contributed by atoms with Crippen LogP contribution in [0.3, 0.4) is 0 Å². The third-order valence-electron chi connectivity index (χ3n) is 6.86. The lowest BCUT2D eigenvalue weighted by molar-refractivity contribution is -0.127. The Morgan fingerprint density at radius 1 is 1.06 bits per heavy atom. The first-order valence-electron chi connectivity index (χ1n) is 11.8. The van der Waals surface area contributed by atoms with Gasteiger partial charge in [-0.2, -0.15) is 0 Å². The van der Waals surface area contributed by atoms with Crippen molar-refractivity contribution in [2.75, 3.05) is 19.7 Å². The standard InChI is InChI=1S/C27H33N3O3/c1-2-19-33-24-13-7-6-12-22(24)20-30-17-14-23(15-18-30)27(25(31)28-26(32)29-27)16-8-11-21-9-4-3-5-10-21/h2-7,9-10,12-13,23H,1,8,11,14-20H2,(H2,28,29,31,32). The molecule has 3 amide bonds. The number of imide groups is 1. The molecule has 2 fully saturated rings. The molecule has 6 nitrogen and oxygen atoms in total. The van der Waals surface area contributed by atoms with Gasteiger partial charge in [-0.05, 0) is 62.7 Å². The average Bonchev–Trinajstić information content (AvgIpc) is 3.13. The highest BCUT2D eigenvalue weighted by molar-refractivity contribution is 6.07. The first-order chi connectivity index (χ1) is 16.1. The molecule has 0 radical (unpaired) electrons. The molecule has 0 bridgehead atoms. The molecule has 2 N–H and O–H groups in total. The minimum Gasteiger partial charge on any atom is -0.489 e. The molecular formula is C27H33N3O3. The fraction of sp³-hybridized carbons (Fsp3) is 0.407. The van der Waals surface area contributed by atoms with Crippen molar-refractivity contribution in [2.24, 2.45) is 5.92 Å². The van der Waals surface area contributed by atoms with Crippen LogP contribution >= 0.6 is 0 Å². The average molecular weight is 448 g/mol. The smallest absolute Gasteiger partial charge is 0.322 e. The van der Waals surface area contributed by atoms with Gasteiger partial charge >= 0.3 is 6.03 Å². The number of nitrogens with zero attached hydrogens (tertiary/aromatic N) is 1. The number of aryl methyl sites for hydroxylation is 1. The molecule has 2 aromatic rings. The Hall–Kier alpha value is -3.12. The summed E-state index contributed by atoms with van der Waals surface area (Å²) in [5.41, 5.74) is 1.61. The lowest BCUT2D eigenvalue weighted by Gasteiger charge is -2.41. The van der Waals surface area contributed by atoms with E-state index >= 15 is 0 Å².